The first kappa shape index (κ1) is 3.98. The van der Waals surface area contributed by atoms with Crippen LogP contribution in [0.3, 0.4) is 0 Å². The average Bonchev–Trinajstić information content (AvgIpc) is 2.14. The lowest BCUT2D eigenvalue weighted by atomic mass is 10.8. The predicted octanol–water partition coefficient (Wildman–Crippen LogP) is -0.473. The van der Waals surface area contributed by atoms with E-state index in [-0.39, 0.29) is 5.89 Å². The summed E-state index contributed by atoms with van der Waals surface area (Å²) in [4.78, 5) is 12.9. The molecule has 1 heterocycles. The van der Waals surface area contributed by atoms with Crippen LogP contribution in [0.15, 0.2) is 10.9 Å². The summed E-state index contributed by atoms with van der Waals surface area (Å²) in [6.07, 6.45) is 2.56. The first-order chi connectivity index (χ1) is 3.43. The highest BCUT2D eigenvalue weighted by Gasteiger charge is 1.91. The maximum atomic E-state index is 9.55. The van der Waals surface area contributed by atoms with Crippen LogP contribution in [0.5, 0.6) is 0 Å². The fraction of sp³-hybridized carbons (Fsp3) is 0. The monoisotopic (exact) mass is 97.0 g/mol. The number of nitrogens with zero attached hydrogens (tertiary/aromatic N) is 2. The van der Waals surface area contributed by atoms with Crippen molar-refractivity contribution in [2.45, 2.75) is 0 Å². The van der Waals surface area contributed by atoms with E-state index in [0.717, 1.165) is 6.33 Å². The number of hydrogen-bond acceptors (Lipinski definition) is 4. The third kappa shape index (κ3) is 0.623. The fourth-order valence-electron chi connectivity index (χ4n) is 0.218. The van der Waals surface area contributed by atoms with Crippen molar-refractivity contribution < 1.29 is 9.32 Å². The molecule has 1 aromatic heterocycles. The van der Waals surface area contributed by atoms with Crippen LogP contribution in [0.4, 0.5) is 0 Å². The summed E-state index contributed by atoms with van der Waals surface area (Å²) in [6, 6.07) is 0. The Kier molecular flexibility index (Phi) is 0.856. The lowest BCUT2D eigenvalue weighted by molar-refractivity contribution is 0.403. The maximum absolute atomic E-state index is 9.55. The molecule has 0 saturated heterocycles. The predicted molar refractivity (Wildman–Crippen MR) is 19.1 cm³/mol. The van der Waals surface area contributed by atoms with Gasteiger partial charge < -0.3 is 4.52 Å². The summed E-state index contributed by atoms with van der Waals surface area (Å²) in [6.45, 7) is 0. The minimum atomic E-state index is -0.111. The molecule has 7 heavy (non-hydrogen) atoms. The first-order valence-electron chi connectivity index (χ1n) is 1.58. The molecule has 0 bridgehead atoms. The zero-order valence-corrected chi connectivity index (χ0v) is 3.29. The summed E-state index contributed by atoms with van der Waals surface area (Å²) in [5.74, 6) is -0.111. The Hall–Kier alpha value is -1.19. The first-order valence-corrected chi connectivity index (χ1v) is 1.58. The van der Waals surface area contributed by atoms with Gasteiger partial charge in [-0.25, -0.2) is 0 Å². The van der Waals surface area contributed by atoms with Gasteiger partial charge in [-0.3, -0.25) is 4.79 Å². The second-order valence-corrected chi connectivity index (χ2v) is 0.848. The Morgan fingerprint density at radius 1 is 1.86 bits per heavy atom. The molecule has 0 aliphatic heterocycles. The molecule has 0 atom stereocenters. The van der Waals surface area contributed by atoms with Crippen LogP contribution in [-0.4, -0.2) is 16.4 Å². The van der Waals surface area contributed by atoms with E-state index >= 15 is 0 Å². The highest BCUT2D eigenvalue weighted by atomic mass is 16.5. The normalized spacial score (nSPS) is 8.57. The molecular weight excluding hydrogens is 96.0 g/mol. The Morgan fingerprint density at radius 2 is 2.71 bits per heavy atom. The molecule has 4 heteroatoms. The van der Waals surface area contributed by atoms with Gasteiger partial charge in [0, 0.05) is 0 Å². The molecule has 0 saturated carbocycles. The molecule has 1 aromatic rings. The Morgan fingerprint density at radius 3 is 3.00 bits per heavy atom. The van der Waals surface area contributed by atoms with Crippen LogP contribution in [0.1, 0.15) is 5.89 Å². The second kappa shape index (κ2) is 1.51. The topological polar surface area (TPSA) is 56.0 Å². The Bertz CT molecular complexity index is 146. The van der Waals surface area contributed by atoms with Crippen molar-refractivity contribution in [1.29, 1.82) is 0 Å². The van der Waals surface area contributed by atoms with E-state index in [1.54, 1.807) is 0 Å². The summed E-state index contributed by atoms with van der Waals surface area (Å²) >= 11 is 0. The van der Waals surface area contributed by atoms with Crippen LogP contribution in [0.25, 0.3) is 0 Å². The van der Waals surface area contributed by atoms with Gasteiger partial charge in [0.05, 0.1) is 0 Å². The molecule has 0 aliphatic rings. The minimum Gasteiger partial charge on any atom is -0.330 e. The highest BCUT2D eigenvalue weighted by Crippen LogP contribution is 1.79. The molecular formula is C3HN2O2. The van der Waals surface area contributed by atoms with Crippen molar-refractivity contribution in [2.24, 2.45) is 0 Å². The van der Waals surface area contributed by atoms with Crippen molar-refractivity contribution in [3.05, 3.63) is 12.2 Å². The largest absolute Gasteiger partial charge is 0.330 e. The number of aromatic nitrogens is 2. The maximum Gasteiger partial charge on any atom is 0.302 e. The third-order valence-corrected chi connectivity index (χ3v) is 0.449. The zero-order valence-electron chi connectivity index (χ0n) is 3.29. The van der Waals surface area contributed by atoms with Crippen LogP contribution in [0.2, 0.25) is 0 Å². The van der Waals surface area contributed by atoms with E-state index in [0.29, 0.717) is 0 Å². The second-order valence-electron chi connectivity index (χ2n) is 0.848. The summed E-state index contributed by atoms with van der Waals surface area (Å²) < 4.78 is 4.20. The lowest BCUT2D eigenvalue weighted by Gasteiger charge is -1.61. The van der Waals surface area contributed by atoms with Crippen molar-refractivity contribution in [2.75, 3.05) is 0 Å². The average molecular weight is 97.1 g/mol. The van der Waals surface area contributed by atoms with E-state index in [9.17, 15) is 4.79 Å². The number of rotatable bonds is 1. The van der Waals surface area contributed by atoms with Gasteiger partial charge in [-0.05, 0) is 0 Å². The quantitative estimate of drug-likeness (QED) is 0.475. The summed E-state index contributed by atoms with van der Waals surface area (Å²) in [5, 5.41) is 3.14. The lowest BCUT2D eigenvalue weighted by Crippen LogP contribution is -1.73. The van der Waals surface area contributed by atoms with Gasteiger partial charge >= 0.3 is 5.89 Å². The number of carbonyl (C=O) groups excluding carboxylic acids is 1. The van der Waals surface area contributed by atoms with Crippen LogP contribution >= 0.6 is 0 Å². The van der Waals surface area contributed by atoms with Crippen LogP contribution in [0, 0.1) is 0 Å². The van der Waals surface area contributed by atoms with Gasteiger partial charge in [-0.1, -0.05) is 5.16 Å². The van der Waals surface area contributed by atoms with E-state index in [4.69, 9.17) is 0 Å². The molecule has 0 aliphatic carbocycles. The SMILES string of the molecule is O=[C]c1ncno1. The van der Waals surface area contributed by atoms with E-state index < -0.39 is 0 Å². The van der Waals surface area contributed by atoms with Gasteiger partial charge in [0.15, 0.2) is 6.33 Å². The van der Waals surface area contributed by atoms with Crippen molar-refractivity contribution in [3.8, 4) is 0 Å². The van der Waals surface area contributed by atoms with E-state index in [1.165, 1.54) is 6.29 Å². The molecule has 0 amide bonds. The van der Waals surface area contributed by atoms with Crippen molar-refractivity contribution in [1.82, 2.24) is 10.1 Å². The van der Waals surface area contributed by atoms with Gasteiger partial charge in [0.2, 0.25) is 0 Å². The molecule has 0 spiro atoms. The molecule has 1 radical (unpaired) electrons. The molecule has 4 nitrogen and oxygen atoms in total. The molecule has 0 aromatic carbocycles. The van der Waals surface area contributed by atoms with Crippen LogP contribution < -0.4 is 0 Å². The number of hydrogen-bond donors (Lipinski definition) is 0. The van der Waals surface area contributed by atoms with Gasteiger partial charge in [-0.2, -0.15) is 4.98 Å². The molecule has 0 fully saturated rings. The van der Waals surface area contributed by atoms with Gasteiger partial charge in [-0.15, -0.1) is 0 Å². The smallest absolute Gasteiger partial charge is 0.302 e. The summed E-state index contributed by atoms with van der Waals surface area (Å²) in [7, 11) is 0. The summed E-state index contributed by atoms with van der Waals surface area (Å²) in [5.41, 5.74) is 0. The van der Waals surface area contributed by atoms with Gasteiger partial charge in [0.25, 0.3) is 6.29 Å². The van der Waals surface area contributed by atoms with Crippen LogP contribution in [-0.2, 0) is 4.79 Å². The third-order valence-electron chi connectivity index (χ3n) is 0.449. The standard InChI is InChI=1S/C3HN2O2/c6-1-3-4-2-5-7-3/h2H. The van der Waals surface area contributed by atoms with E-state index in [1.807, 2.05) is 0 Å². The zero-order chi connectivity index (χ0) is 5.11. The Labute approximate surface area is 39.1 Å². The fourth-order valence-corrected chi connectivity index (χ4v) is 0.218. The molecule has 0 unspecified atom stereocenters. The van der Waals surface area contributed by atoms with E-state index in [2.05, 4.69) is 14.7 Å². The highest BCUT2D eigenvalue weighted by molar-refractivity contribution is 5.67. The molecule has 1 rings (SSSR count). The molecule has 0 N–H and O–H groups in total. The minimum absolute atomic E-state index is 0.111. The van der Waals surface area contributed by atoms with Crippen molar-refractivity contribution in [3.63, 3.8) is 0 Å². The molecule has 35 valence electrons. The van der Waals surface area contributed by atoms with Crippen molar-refractivity contribution >= 4 is 6.29 Å². The Balaban J connectivity index is 2.96. The van der Waals surface area contributed by atoms with Gasteiger partial charge in [0.1, 0.15) is 0 Å².